The van der Waals surface area contributed by atoms with Crippen LogP contribution in [0.15, 0.2) is 34.5 Å². The highest BCUT2D eigenvalue weighted by Gasteiger charge is 2.25. The number of carbonyl (C=O) groups is 1. The molecule has 1 rings (SSSR count). The molecule has 1 aliphatic rings. The number of nitrogens with zero attached hydrogens (tertiary/aromatic N) is 3. The van der Waals surface area contributed by atoms with Crippen molar-refractivity contribution in [3.63, 3.8) is 0 Å². The lowest BCUT2D eigenvalue weighted by Crippen LogP contribution is -2.36. The van der Waals surface area contributed by atoms with Gasteiger partial charge in [-0.3, -0.25) is 4.99 Å². The van der Waals surface area contributed by atoms with Gasteiger partial charge in [-0.15, -0.1) is 0 Å². The van der Waals surface area contributed by atoms with E-state index in [4.69, 9.17) is 5.73 Å². The van der Waals surface area contributed by atoms with Crippen molar-refractivity contribution in [3.05, 3.63) is 24.6 Å². The van der Waals surface area contributed by atoms with E-state index in [0.29, 0.717) is 37.8 Å². The van der Waals surface area contributed by atoms with Gasteiger partial charge in [-0.1, -0.05) is 18.7 Å². The Hall–Kier alpha value is -1.95. The van der Waals surface area contributed by atoms with Crippen LogP contribution in [0.5, 0.6) is 0 Å². The van der Waals surface area contributed by atoms with Crippen molar-refractivity contribution in [3.8, 4) is 0 Å². The molecule has 6 nitrogen and oxygen atoms in total. The van der Waals surface area contributed by atoms with E-state index < -0.39 is 0 Å². The van der Waals surface area contributed by atoms with Gasteiger partial charge in [0.1, 0.15) is 12.1 Å². The summed E-state index contributed by atoms with van der Waals surface area (Å²) in [4.78, 5) is 20.9. The summed E-state index contributed by atoms with van der Waals surface area (Å²) in [5, 5.41) is 3.30. The molecule has 0 aromatic rings. The summed E-state index contributed by atoms with van der Waals surface area (Å²) in [6, 6.07) is 0.0351. The van der Waals surface area contributed by atoms with E-state index in [1.165, 1.54) is 5.57 Å². The summed E-state index contributed by atoms with van der Waals surface area (Å²) in [5.41, 5.74) is 7.10. The number of nitrogens with one attached hydrogen (secondary N) is 1. The first-order valence-electron chi connectivity index (χ1n) is 8.06. The van der Waals surface area contributed by atoms with Crippen LogP contribution in [0.3, 0.4) is 0 Å². The minimum absolute atomic E-state index is 0.340. The fourth-order valence-electron chi connectivity index (χ4n) is 2.74. The molecule has 0 radical (unpaired) electrons. The number of aldehydes is 1. The number of aliphatic imine (C=N–C) groups is 2. The predicted octanol–water partition coefficient (Wildman–Crippen LogP) is 1.49. The van der Waals surface area contributed by atoms with Gasteiger partial charge in [-0.2, -0.15) is 0 Å². The number of carbonyl (C=O) groups excluding carboxylic acids is 1. The Morgan fingerprint density at radius 3 is 2.87 bits per heavy atom. The minimum Gasteiger partial charge on any atom is -0.370 e. The predicted molar refractivity (Wildman–Crippen MR) is 96.8 cm³/mol. The second kappa shape index (κ2) is 9.94. The van der Waals surface area contributed by atoms with Gasteiger partial charge in [0.2, 0.25) is 0 Å². The average Bonchev–Trinajstić information content (AvgIpc) is 3.02. The maximum atomic E-state index is 10.4. The first-order valence-corrected chi connectivity index (χ1v) is 8.06. The van der Waals surface area contributed by atoms with Crippen molar-refractivity contribution in [1.29, 1.82) is 0 Å². The van der Waals surface area contributed by atoms with Gasteiger partial charge in [0.25, 0.3) is 0 Å². The lowest BCUT2D eigenvalue weighted by molar-refractivity contribution is -0.107. The second-order valence-corrected chi connectivity index (χ2v) is 5.82. The van der Waals surface area contributed by atoms with Crippen LogP contribution in [0, 0.1) is 0 Å². The van der Waals surface area contributed by atoms with Gasteiger partial charge < -0.3 is 20.7 Å². The first kappa shape index (κ1) is 19.1. The molecule has 3 N–H and O–H groups in total. The lowest BCUT2D eigenvalue weighted by atomic mass is 10.1. The molecule has 0 aromatic heterocycles. The molecule has 2 atom stereocenters. The van der Waals surface area contributed by atoms with Crippen LogP contribution in [0.25, 0.3) is 0 Å². The summed E-state index contributed by atoms with van der Waals surface area (Å²) >= 11 is 0. The summed E-state index contributed by atoms with van der Waals surface area (Å²) in [5.74, 6) is 1.41. The van der Waals surface area contributed by atoms with Crippen molar-refractivity contribution in [2.24, 2.45) is 15.7 Å². The van der Waals surface area contributed by atoms with Crippen LogP contribution in [-0.2, 0) is 4.79 Å². The van der Waals surface area contributed by atoms with Gasteiger partial charge >= 0.3 is 0 Å². The normalized spacial score (nSPS) is 19.3. The summed E-state index contributed by atoms with van der Waals surface area (Å²) in [6.07, 6.45) is 4.08. The Morgan fingerprint density at radius 2 is 2.26 bits per heavy atom. The van der Waals surface area contributed by atoms with E-state index in [-0.39, 0.29) is 6.04 Å². The molecule has 1 heterocycles. The van der Waals surface area contributed by atoms with Crippen LogP contribution < -0.4 is 11.1 Å². The maximum Gasteiger partial charge on any atom is 0.139 e. The highest BCUT2D eigenvalue weighted by atomic mass is 16.1. The highest BCUT2D eigenvalue weighted by molar-refractivity contribution is 5.90. The monoisotopic (exact) mass is 319 g/mol. The molecule has 1 aliphatic heterocycles. The molecule has 128 valence electrons. The molecule has 0 aliphatic carbocycles. The topological polar surface area (TPSA) is 83.1 Å². The van der Waals surface area contributed by atoms with Crippen molar-refractivity contribution in [2.75, 3.05) is 19.6 Å². The smallest absolute Gasteiger partial charge is 0.139 e. The number of rotatable bonds is 10. The molecule has 1 fully saturated rings. The molecule has 0 saturated carbocycles. The number of hydrogen-bond donors (Lipinski definition) is 2. The lowest BCUT2D eigenvalue weighted by Gasteiger charge is -2.29. The van der Waals surface area contributed by atoms with Gasteiger partial charge in [-0.05, 0) is 32.9 Å². The minimum atomic E-state index is -0.340. The third-order valence-electron chi connectivity index (χ3n) is 3.97. The van der Waals surface area contributed by atoms with Gasteiger partial charge in [-0.25, -0.2) is 4.99 Å². The van der Waals surface area contributed by atoms with Gasteiger partial charge in [0, 0.05) is 19.5 Å². The van der Waals surface area contributed by atoms with E-state index in [1.807, 2.05) is 0 Å². The number of amidine groups is 1. The van der Waals surface area contributed by atoms with Crippen LogP contribution in [0.1, 0.15) is 32.6 Å². The molecule has 6 heteroatoms. The Kier molecular flexibility index (Phi) is 8.26. The van der Waals surface area contributed by atoms with E-state index in [0.717, 1.165) is 31.5 Å². The zero-order valence-corrected chi connectivity index (χ0v) is 14.1. The average molecular weight is 319 g/mol. The molecule has 0 aromatic carbocycles. The van der Waals surface area contributed by atoms with E-state index >= 15 is 0 Å². The zero-order valence-electron chi connectivity index (χ0n) is 14.1. The van der Waals surface area contributed by atoms with Crippen LogP contribution >= 0.6 is 0 Å². The SMILES string of the molecule is C=NC(=NCCNC(=C)N1CCCC1C(=C)C)C(N)CCC=O. The Balaban J connectivity index is 2.41. The van der Waals surface area contributed by atoms with E-state index in [1.54, 1.807) is 0 Å². The maximum absolute atomic E-state index is 10.4. The Labute approximate surface area is 139 Å². The van der Waals surface area contributed by atoms with Crippen LogP contribution in [-0.4, -0.2) is 55.5 Å². The number of hydrogen-bond acceptors (Lipinski definition) is 5. The summed E-state index contributed by atoms with van der Waals surface area (Å²) in [7, 11) is 0. The van der Waals surface area contributed by atoms with Crippen LogP contribution in [0.2, 0.25) is 0 Å². The molecular weight excluding hydrogens is 290 g/mol. The second-order valence-electron chi connectivity index (χ2n) is 5.82. The summed E-state index contributed by atoms with van der Waals surface area (Å²) in [6.45, 7) is 15.9. The van der Waals surface area contributed by atoms with E-state index in [9.17, 15) is 4.79 Å². The first-order chi connectivity index (χ1) is 11.0. The fraction of sp³-hybridized carbons (Fsp3) is 0.588. The van der Waals surface area contributed by atoms with E-state index in [2.05, 4.69) is 47.0 Å². The van der Waals surface area contributed by atoms with Crippen molar-refractivity contribution >= 4 is 18.8 Å². The molecule has 0 bridgehead atoms. The largest absolute Gasteiger partial charge is 0.370 e. The van der Waals surface area contributed by atoms with Gasteiger partial charge in [0.05, 0.1) is 24.4 Å². The summed E-state index contributed by atoms with van der Waals surface area (Å²) < 4.78 is 0. The van der Waals surface area contributed by atoms with Crippen molar-refractivity contribution in [2.45, 2.75) is 44.7 Å². The highest BCUT2D eigenvalue weighted by Crippen LogP contribution is 2.24. The zero-order chi connectivity index (χ0) is 17.2. The Morgan fingerprint density at radius 1 is 1.52 bits per heavy atom. The molecule has 0 amide bonds. The molecule has 1 saturated heterocycles. The number of nitrogens with two attached hydrogens (primary N) is 1. The quantitative estimate of drug-likeness (QED) is 0.210. The van der Waals surface area contributed by atoms with Crippen molar-refractivity contribution < 1.29 is 4.79 Å². The molecule has 23 heavy (non-hydrogen) atoms. The van der Waals surface area contributed by atoms with Crippen molar-refractivity contribution in [1.82, 2.24) is 10.2 Å². The third-order valence-corrected chi connectivity index (χ3v) is 3.97. The molecule has 0 spiro atoms. The standard InChI is InChI=1S/C17H29N5O/c1-13(2)16-8-5-11-22(16)14(3)20-9-10-21-17(19-4)15(18)7-6-12-23/h12,15-16,20H,1,3-11,18H2,2H3. The Bertz CT molecular complexity index is 472. The number of likely N-dealkylation sites (tertiary alicyclic amines) is 1. The fourth-order valence-corrected chi connectivity index (χ4v) is 2.74. The molecule has 2 unspecified atom stereocenters. The molecular formula is C17H29N5O. The van der Waals surface area contributed by atoms with Gasteiger partial charge in [0.15, 0.2) is 0 Å². The van der Waals surface area contributed by atoms with Crippen LogP contribution in [0.4, 0.5) is 0 Å². The third kappa shape index (κ3) is 5.98.